The molecular formula is C6H15MnN3+2. The van der Waals surface area contributed by atoms with Crippen LogP contribution in [0.15, 0.2) is 0 Å². The summed E-state index contributed by atoms with van der Waals surface area (Å²) < 4.78 is 0. The van der Waals surface area contributed by atoms with Crippen LogP contribution in [0, 0.1) is 0 Å². The summed E-state index contributed by atoms with van der Waals surface area (Å²) in [4.78, 5) is 0. The van der Waals surface area contributed by atoms with Gasteiger partial charge in [0.15, 0.2) is 0 Å². The maximum atomic E-state index is 3.07. The second-order valence-electron chi connectivity index (χ2n) is 2.39. The molecule has 0 amide bonds. The first-order chi connectivity index (χ1) is 4.50. The van der Waals surface area contributed by atoms with Crippen LogP contribution in [0.4, 0.5) is 0 Å². The van der Waals surface area contributed by atoms with E-state index in [-0.39, 0.29) is 17.1 Å². The molecule has 1 radical (unpaired) electrons. The van der Waals surface area contributed by atoms with Crippen molar-refractivity contribution in [3.63, 3.8) is 0 Å². The average molecular weight is 184 g/mol. The van der Waals surface area contributed by atoms with E-state index in [2.05, 4.69) is 16.4 Å². The summed E-state index contributed by atoms with van der Waals surface area (Å²) in [5.74, 6) is 0. The molecule has 1 fully saturated rings. The Balaban J connectivity index is 0.000000810. The molecule has 0 spiro atoms. The molecule has 3 nitrogen and oxygen atoms in total. The van der Waals surface area contributed by atoms with Crippen LogP contribution in [0.1, 0.15) is 25.7 Å². The summed E-state index contributed by atoms with van der Waals surface area (Å²) in [6.07, 6.45) is 5.29. The zero-order chi connectivity index (χ0) is 6.36. The van der Waals surface area contributed by atoms with Gasteiger partial charge in [0, 0.05) is 13.1 Å². The monoisotopic (exact) mass is 184 g/mol. The third kappa shape index (κ3) is 5.21. The van der Waals surface area contributed by atoms with Gasteiger partial charge in [-0.2, -0.15) is 5.53 Å². The van der Waals surface area contributed by atoms with E-state index >= 15 is 0 Å². The van der Waals surface area contributed by atoms with E-state index < -0.39 is 0 Å². The number of nitrogens with one attached hydrogen (secondary N) is 3. The van der Waals surface area contributed by atoms with Crippen LogP contribution in [-0.4, -0.2) is 13.1 Å². The fraction of sp³-hybridized carbons (Fsp3) is 1.00. The molecule has 10 heavy (non-hydrogen) atoms. The molecule has 0 aromatic carbocycles. The third-order valence-corrected chi connectivity index (χ3v) is 1.53. The second kappa shape index (κ2) is 7.51. The number of hydrazine groups is 2. The molecule has 1 aliphatic heterocycles. The first-order valence-electron chi connectivity index (χ1n) is 3.71. The fourth-order valence-corrected chi connectivity index (χ4v) is 0.968. The van der Waals surface area contributed by atoms with Crippen LogP contribution in [0.25, 0.3) is 0 Å². The van der Waals surface area contributed by atoms with Crippen LogP contribution in [0.5, 0.6) is 0 Å². The van der Waals surface area contributed by atoms with Crippen molar-refractivity contribution in [1.82, 2.24) is 16.4 Å². The minimum atomic E-state index is 0. The van der Waals surface area contributed by atoms with E-state index in [4.69, 9.17) is 0 Å². The molecule has 0 aliphatic carbocycles. The number of hydrogen-bond donors (Lipinski definition) is 3. The molecule has 3 N–H and O–H groups in total. The van der Waals surface area contributed by atoms with Crippen molar-refractivity contribution in [3.05, 3.63) is 0 Å². The summed E-state index contributed by atoms with van der Waals surface area (Å²) in [6.45, 7) is 2.15. The third-order valence-electron chi connectivity index (χ3n) is 1.53. The van der Waals surface area contributed by atoms with E-state index in [9.17, 15) is 0 Å². The summed E-state index contributed by atoms with van der Waals surface area (Å²) in [5.41, 5.74) is 9.06. The van der Waals surface area contributed by atoms with Crippen molar-refractivity contribution < 1.29 is 17.1 Å². The normalized spacial score (nSPS) is 21.6. The van der Waals surface area contributed by atoms with Gasteiger partial charge in [-0.3, -0.25) is 0 Å². The predicted molar refractivity (Wildman–Crippen MR) is 37.6 cm³/mol. The molecule has 1 rings (SSSR count). The first-order valence-corrected chi connectivity index (χ1v) is 3.71. The quantitative estimate of drug-likeness (QED) is 0.469. The van der Waals surface area contributed by atoms with Gasteiger partial charge < -0.3 is 0 Å². The molecule has 0 unspecified atom stereocenters. The molecule has 0 bridgehead atoms. The van der Waals surface area contributed by atoms with Gasteiger partial charge in [0.25, 0.3) is 0 Å². The predicted octanol–water partition coefficient (Wildman–Crippen LogP) is 0.157. The second-order valence-corrected chi connectivity index (χ2v) is 2.39. The van der Waals surface area contributed by atoms with Crippen molar-refractivity contribution in [2.24, 2.45) is 0 Å². The van der Waals surface area contributed by atoms with Gasteiger partial charge in [-0.15, -0.1) is 0 Å². The van der Waals surface area contributed by atoms with Crippen LogP contribution < -0.4 is 16.4 Å². The molecule has 1 heterocycles. The van der Waals surface area contributed by atoms with Crippen LogP contribution in [0.2, 0.25) is 0 Å². The number of rotatable bonds is 0. The van der Waals surface area contributed by atoms with Crippen molar-refractivity contribution in [3.8, 4) is 0 Å². The van der Waals surface area contributed by atoms with Crippen molar-refractivity contribution in [2.75, 3.05) is 13.1 Å². The first kappa shape index (κ1) is 10.4. The maximum Gasteiger partial charge on any atom is 2.00 e. The molecule has 1 aliphatic rings. The Morgan fingerprint density at radius 1 is 0.700 bits per heavy atom. The Labute approximate surface area is 72.7 Å². The standard InChI is InChI=1S/C6H15N3.Mn/c1-2-4-6-8-9-7-5-3-1;/h7-9H,1-6H2;/q;+2. The van der Waals surface area contributed by atoms with Crippen LogP contribution in [-0.2, 0) is 17.1 Å². The Hall–Kier alpha value is 0.399. The van der Waals surface area contributed by atoms with E-state index in [1.54, 1.807) is 0 Å². The van der Waals surface area contributed by atoms with Gasteiger partial charge in [0.05, 0.1) is 0 Å². The summed E-state index contributed by atoms with van der Waals surface area (Å²) in [6, 6.07) is 0. The van der Waals surface area contributed by atoms with E-state index in [1.165, 1.54) is 25.7 Å². The average Bonchev–Trinajstić information content (AvgIpc) is 2.00. The fourth-order valence-electron chi connectivity index (χ4n) is 0.968. The van der Waals surface area contributed by atoms with Crippen molar-refractivity contribution >= 4 is 0 Å². The van der Waals surface area contributed by atoms with Gasteiger partial charge in [-0.05, 0) is 12.8 Å². The van der Waals surface area contributed by atoms with Crippen molar-refractivity contribution in [2.45, 2.75) is 25.7 Å². The van der Waals surface area contributed by atoms with Crippen molar-refractivity contribution in [1.29, 1.82) is 0 Å². The Morgan fingerprint density at radius 3 is 1.70 bits per heavy atom. The topological polar surface area (TPSA) is 36.1 Å². The largest absolute Gasteiger partial charge is 2.00 e. The van der Waals surface area contributed by atoms with Gasteiger partial charge >= 0.3 is 17.1 Å². The smallest absolute Gasteiger partial charge is 0.244 e. The van der Waals surface area contributed by atoms with E-state index in [0.29, 0.717) is 0 Å². The molecule has 0 saturated carbocycles. The molecule has 1 saturated heterocycles. The molecule has 4 heteroatoms. The molecule has 0 aromatic rings. The summed E-state index contributed by atoms with van der Waals surface area (Å²) in [7, 11) is 0. The van der Waals surface area contributed by atoms with E-state index in [1.807, 2.05) is 0 Å². The van der Waals surface area contributed by atoms with Gasteiger partial charge in [-0.25, -0.2) is 10.9 Å². The van der Waals surface area contributed by atoms with Crippen LogP contribution >= 0.6 is 0 Å². The minimum absolute atomic E-state index is 0. The number of hydrogen-bond acceptors (Lipinski definition) is 3. The Kier molecular flexibility index (Phi) is 7.81. The Morgan fingerprint density at radius 2 is 1.20 bits per heavy atom. The van der Waals surface area contributed by atoms with Gasteiger partial charge in [-0.1, -0.05) is 12.8 Å². The molecule has 59 valence electrons. The van der Waals surface area contributed by atoms with Gasteiger partial charge in [0.2, 0.25) is 0 Å². The molecular weight excluding hydrogens is 169 g/mol. The summed E-state index contributed by atoms with van der Waals surface area (Å²) >= 11 is 0. The molecule has 0 atom stereocenters. The minimum Gasteiger partial charge on any atom is -0.244 e. The summed E-state index contributed by atoms with van der Waals surface area (Å²) in [5, 5.41) is 0. The van der Waals surface area contributed by atoms with Crippen LogP contribution in [0.3, 0.4) is 0 Å². The maximum absolute atomic E-state index is 3.07. The Bertz CT molecular complexity index is 41.5. The zero-order valence-corrected chi connectivity index (χ0v) is 7.30. The van der Waals surface area contributed by atoms with Gasteiger partial charge in [0.1, 0.15) is 0 Å². The molecule has 0 aromatic heterocycles. The SMILES string of the molecule is C1CCCNNNCC1.[Mn+2]. The van der Waals surface area contributed by atoms with E-state index in [0.717, 1.165) is 13.1 Å². The zero-order valence-electron chi connectivity index (χ0n) is 6.12.